The van der Waals surface area contributed by atoms with Gasteiger partial charge in [0.15, 0.2) is 5.82 Å². The van der Waals surface area contributed by atoms with Crippen LogP contribution in [0.1, 0.15) is 16.1 Å². The minimum Gasteiger partial charge on any atom is -0.293 e. The van der Waals surface area contributed by atoms with Gasteiger partial charge in [-0.1, -0.05) is 36.4 Å². The van der Waals surface area contributed by atoms with Crippen LogP contribution in [0.2, 0.25) is 0 Å². The summed E-state index contributed by atoms with van der Waals surface area (Å²) >= 11 is 1.79. The number of rotatable bonds is 3. The molecule has 4 nitrogen and oxygen atoms in total. The molecule has 0 radical (unpaired) electrons. The highest BCUT2D eigenvalue weighted by Crippen LogP contribution is 2.27. The monoisotopic (exact) mass is 358 g/mol. The first-order valence-corrected chi connectivity index (χ1v) is 9.63. The summed E-state index contributed by atoms with van der Waals surface area (Å²) in [6.45, 7) is 2.90. The van der Waals surface area contributed by atoms with E-state index in [0.29, 0.717) is 0 Å². The SMILES string of the molecule is c1ccc(-c2ncc3c(n2)CCN(Cc2cc4cccnc4s2)C3)cc1. The summed E-state index contributed by atoms with van der Waals surface area (Å²) in [4.78, 5) is 18.8. The Morgan fingerprint density at radius 2 is 1.96 bits per heavy atom. The van der Waals surface area contributed by atoms with E-state index in [2.05, 4.69) is 39.1 Å². The van der Waals surface area contributed by atoms with E-state index in [1.165, 1.54) is 21.5 Å². The van der Waals surface area contributed by atoms with Crippen molar-refractivity contribution < 1.29 is 0 Å². The molecule has 4 heterocycles. The van der Waals surface area contributed by atoms with E-state index < -0.39 is 0 Å². The van der Waals surface area contributed by atoms with Gasteiger partial charge in [-0.05, 0) is 12.1 Å². The van der Waals surface area contributed by atoms with Crippen LogP contribution in [-0.4, -0.2) is 26.4 Å². The molecule has 5 rings (SSSR count). The van der Waals surface area contributed by atoms with Gasteiger partial charge in [0.05, 0.1) is 5.69 Å². The highest BCUT2D eigenvalue weighted by atomic mass is 32.1. The molecule has 1 aliphatic rings. The maximum absolute atomic E-state index is 4.81. The Bertz CT molecular complexity index is 1030. The van der Waals surface area contributed by atoms with Crippen LogP contribution in [0.25, 0.3) is 21.6 Å². The fraction of sp³-hybridized carbons (Fsp3) is 0.190. The molecule has 0 bridgehead atoms. The minimum absolute atomic E-state index is 0.827. The molecule has 5 heteroatoms. The summed E-state index contributed by atoms with van der Waals surface area (Å²) in [6.07, 6.45) is 4.84. The van der Waals surface area contributed by atoms with E-state index in [0.717, 1.165) is 42.3 Å². The zero-order valence-electron chi connectivity index (χ0n) is 14.3. The lowest BCUT2D eigenvalue weighted by Gasteiger charge is -2.27. The number of hydrogen-bond donors (Lipinski definition) is 0. The lowest BCUT2D eigenvalue weighted by Crippen LogP contribution is -2.30. The predicted molar refractivity (Wildman–Crippen MR) is 105 cm³/mol. The van der Waals surface area contributed by atoms with Crippen LogP contribution in [0.15, 0.2) is 60.9 Å². The molecule has 0 saturated carbocycles. The number of benzene rings is 1. The maximum Gasteiger partial charge on any atom is 0.159 e. The second kappa shape index (κ2) is 6.59. The topological polar surface area (TPSA) is 41.9 Å². The molecule has 0 aliphatic carbocycles. The molecule has 0 N–H and O–H groups in total. The van der Waals surface area contributed by atoms with E-state index >= 15 is 0 Å². The largest absolute Gasteiger partial charge is 0.293 e. The van der Waals surface area contributed by atoms with Crippen LogP contribution < -0.4 is 0 Å². The molecule has 26 heavy (non-hydrogen) atoms. The van der Waals surface area contributed by atoms with Crippen LogP contribution in [0, 0.1) is 0 Å². The molecular formula is C21H18N4S. The maximum atomic E-state index is 4.81. The molecule has 0 fully saturated rings. The number of nitrogens with zero attached hydrogens (tertiary/aromatic N) is 4. The van der Waals surface area contributed by atoms with E-state index in [4.69, 9.17) is 4.98 Å². The molecule has 0 atom stereocenters. The van der Waals surface area contributed by atoms with Crippen molar-refractivity contribution in [1.29, 1.82) is 0 Å². The molecule has 3 aromatic heterocycles. The number of fused-ring (bicyclic) bond motifs is 2. The third-order valence-electron chi connectivity index (χ3n) is 4.77. The average molecular weight is 358 g/mol. The van der Waals surface area contributed by atoms with Gasteiger partial charge in [0.1, 0.15) is 4.83 Å². The van der Waals surface area contributed by atoms with Crippen molar-refractivity contribution in [2.75, 3.05) is 6.54 Å². The molecule has 4 aromatic rings. The Kier molecular flexibility index (Phi) is 3.96. The first kappa shape index (κ1) is 15.6. The number of aromatic nitrogens is 3. The van der Waals surface area contributed by atoms with Crippen LogP contribution in [0.4, 0.5) is 0 Å². The van der Waals surface area contributed by atoms with Gasteiger partial charge in [-0.2, -0.15) is 0 Å². The first-order valence-electron chi connectivity index (χ1n) is 8.81. The summed E-state index contributed by atoms with van der Waals surface area (Å²) in [5.41, 5.74) is 3.51. The van der Waals surface area contributed by atoms with Gasteiger partial charge in [0.2, 0.25) is 0 Å². The van der Waals surface area contributed by atoms with Crippen LogP contribution in [0.5, 0.6) is 0 Å². The number of hydrogen-bond acceptors (Lipinski definition) is 5. The summed E-state index contributed by atoms with van der Waals surface area (Å²) in [6, 6.07) is 16.6. The standard InChI is InChI=1S/C21H18N4S/c1-2-5-15(6-3-1)20-23-12-17-13-25(10-8-19(17)24-20)14-18-11-16-7-4-9-22-21(16)26-18/h1-7,9,11-12H,8,10,13-14H2. The summed E-state index contributed by atoms with van der Waals surface area (Å²) in [5.74, 6) is 0.827. The van der Waals surface area contributed by atoms with Crippen molar-refractivity contribution in [3.05, 3.63) is 77.1 Å². The quantitative estimate of drug-likeness (QED) is 0.547. The lowest BCUT2D eigenvalue weighted by molar-refractivity contribution is 0.245. The molecule has 0 spiro atoms. The third-order valence-corrected chi connectivity index (χ3v) is 5.81. The number of thiophene rings is 1. The average Bonchev–Trinajstić information content (AvgIpc) is 3.10. The normalized spacial score (nSPS) is 14.5. The highest BCUT2D eigenvalue weighted by Gasteiger charge is 2.19. The second-order valence-electron chi connectivity index (χ2n) is 6.60. The van der Waals surface area contributed by atoms with Gasteiger partial charge in [0.25, 0.3) is 0 Å². The van der Waals surface area contributed by atoms with Crippen LogP contribution >= 0.6 is 11.3 Å². The second-order valence-corrected chi connectivity index (χ2v) is 7.72. The zero-order chi connectivity index (χ0) is 17.3. The van der Waals surface area contributed by atoms with Gasteiger partial charge in [-0.15, -0.1) is 11.3 Å². The smallest absolute Gasteiger partial charge is 0.159 e. The molecule has 0 amide bonds. The lowest BCUT2D eigenvalue weighted by atomic mass is 10.1. The molecule has 0 saturated heterocycles. The molecule has 1 aromatic carbocycles. The number of pyridine rings is 1. The van der Waals surface area contributed by atoms with E-state index in [9.17, 15) is 0 Å². The first-order chi connectivity index (χ1) is 12.8. The van der Waals surface area contributed by atoms with E-state index in [-0.39, 0.29) is 0 Å². The Balaban J connectivity index is 1.35. The van der Waals surface area contributed by atoms with Crippen molar-refractivity contribution >= 4 is 21.6 Å². The van der Waals surface area contributed by atoms with Gasteiger partial charge >= 0.3 is 0 Å². The van der Waals surface area contributed by atoms with Gasteiger partial charge in [-0.25, -0.2) is 15.0 Å². The summed E-state index contributed by atoms with van der Waals surface area (Å²) < 4.78 is 0. The fourth-order valence-corrected chi connectivity index (χ4v) is 4.50. The van der Waals surface area contributed by atoms with Crippen molar-refractivity contribution in [2.24, 2.45) is 0 Å². The zero-order valence-corrected chi connectivity index (χ0v) is 15.1. The molecule has 1 aliphatic heterocycles. The Hall–Kier alpha value is -2.63. The Morgan fingerprint density at radius 1 is 1.04 bits per heavy atom. The van der Waals surface area contributed by atoms with Crippen molar-refractivity contribution in [1.82, 2.24) is 19.9 Å². The summed E-state index contributed by atoms with van der Waals surface area (Å²) in [7, 11) is 0. The van der Waals surface area contributed by atoms with Crippen LogP contribution in [-0.2, 0) is 19.5 Å². The van der Waals surface area contributed by atoms with Crippen molar-refractivity contribution in [3.63, 3.8) is 0 Å². The van der Waals surface area contributed by atoms with E-state index in [1.54, 1.807) is 11.3 Å². The highest BCUT2D eigenvalue weighted by molar-refractivity contribution is 7.18. The van der Waals surface area contributed by atoms with E-state index in [1.807, 2.05) is 36.7 Å². The molecule has 0 unspecified atom stereocenters. The molecule has 128 valence electrons. The fourth-order valence-electron chi connectivity index (χ4n) is 3.46. The van der Waals surface area contributed by atoms with Crippen molar-refractivity contribution in [3.8, 4) is 11.4 Å². The van der Waals surface area contributed by atoms with Crippen molar-refractivity contribution in [2.45, 2.75) is 19.5 Å². The minimum atomic E-state index is 0.827. The third kappa shape index (κ3) is 3.00. The van der Waals surface area contributed by atoms with Gasteiger partial charge in [-0.3, -0.25) is 4.90 Å². The Labute approximate surface area is 156 Å². The summed E-state index contributed by atoms with van der Waals surface area (Å²) in [5, 5.41) is 1.24. The van der Waals surface area contributed by atoms with Gasteiger partial charge < -0.3 is 0 Å². The molecular weight excluding hydrogens is 340 g/mol. The van der Waals surface area contributed by atoms with Crippen LogP contribution in [0.3, 0.4) is 0 Å². The van der Waals surface area contributed by atoms with Gasteiger partial charge in [0, 0.05) is 59.8 Å². The predicted octanol–water partition coefficient (Wildman–Crippen LogP) is 4.31. The Morgan fingerprint density at radius 3 is 2.85 bits per heavy atom.